The predicted octanol–water partition coefficient (Wildman–Crippen LogP) is 4.11. The number of fused-ring (bicyclic) bond motifs is 2. The van der Waals surface area contributed by atoms with E-state index in [-0.39, 0.29) is 5.91 Å². The Kier molecular flexibility index (Phi) is 5.98. The molecule has 35 heavy (non-hydrogen) atoms. The summed E-state index contributed by atoms with van der Waals surface area (Å²) in [7, 11) is 0. The minimum Gasteiger partial charge on any atom is -0.486 e. The monoisotopic (exact) mass is 474 g/mol. The Labute approximate surface area is 207 Å². The molecule has 4 aliphatic rings. The van der Waals surface area contributed by atoms with Crippen LogP contribution in [0, 0.1) is 6.92 Å². The molecule has 4 aliphatic heterocycles. The van der Waals surface area contributed by atoms with Gasteiger partial charge in [-0.3, -0.25) is 9.69 Å². The number of anilines is 2. The molecule has 3 fully saturated rings. The van der Waals surface area contributed by atoms with Crippen molar-refractivity contribution in [3.63, 3.8) is 0 Å². The Hall–Kier alpha value is -2.90. The summed E-state index contributed by atoms with van der Waals surface area (Å²) in [6.07, 6.45) is 6.48. The normalized spacial score (nSPS) is 22.9. The van der Waals surface area contributed by atoms with E-state index in [0.717, 1.165) is 81.5 Å². The van der Waals surface area contributed by atoms with Crippen LogP contribution in [0.4, 0.5) is 11.5 Å². The first-order valence-electron chi connectivity index (χ1n) is 12.9. The maximum atomic E-state index is 11.9. The summed E-state index contributed by atoms with van der Waals surface area (Å²) in [6, 6.07) is 7.15. The molecule has 1 atom stereocenters. The van der Waals surface area contributed by atoms with Crippen LogP contribution in [0.5, 0.6) is 5.75 Å². The number of nitrogens with zero attached hydrogens (tertiary/aromatic N) is 3. The topological polar surface area (TPSA) is 66.9 Å². The van der Waals surface area contributed by atoms with E-state index in [1.54, 1.807) is 0 Å². The maximum Gasteiger partial charge on any atom is 0.246 e. The molecule has 184 valence electrons. The van der Waals surface area contributed by atoms with Crippen LogP contribution in [0.2, 0.25) is 0 Å². The van der Waals surface area contributed by atoms with Gasteiger partial charge in [-0.25, -0.2) is 4.98 Å². The van der Waals surface area contributed by atoms with Crippen LogP contribution in [0.25, 0.3) is 0 Å². The van der Waals surface area contributed by atoms with E-state index in [2.05, 4.69) is 41.9 Å². The van der Waals surface area contributed by atoms with Gasteiger partial charge in [-0.2, -0.15) is 0 Å². The lowest BCUT2D eigenvalue weighted by molar-refractivity contribution is -0.125. The van der Waals surface area contributed by atoms with Crippen molar-refractivity contribution in [2.24, 2.45) is 0 Å². The second-order valence-corrected chi connectivity index (χ2v) is 10.3. The number of hydrogen-bond donors (Lipinski definition) is 1. The number of carbonyl (C=O) groups excluding carboxylic acids is 1. The number of amides is 1. The van der Waals surface area contributed by atoms with E-state index in [0.29, 0.717) is 24.5 Å². The van der Waals surface area contributed by atoms with Gasteiger partial charge in [0.25, 0.3) is 0 Å². The summed E-state index contributed by atoms with van der Waals surface area (Å²) in [6.45, 7) is 11.6. The molecule has 0 spiro atoms. The summed E-state index contributed by atoms with van der Waals surface area (Å²) in [5.41, 5.74) is 6.03. The number of pyridine rings is 1. The molecule has 2 aromatic rings. The van der Waals surface area contributed by atoms with Gasteiger partial charge in [0.2, 0.25) is 5.91 Å². The second-order valence-electron chi connectivity index (χ2n) is 10.3. The molecule has 1 amide bonds. The van der Waals surface area contributed by atoms with Crippen LogP contribution >= 0.6 is 0 Å². The zero-order chi connectivity index (χ0) is 23.9. The Morgan fingerprint density at radius 3 is 2.80 bits per heavy atom. The third-order valence-electron chi connectivity index (χ3n) is 8.21. The van der Waals surface area contributed by atoms with Crippen LogP contribution in [0.1, 0.15) is 53.4 Å². The molecule has 0 bridgehead atoms. The van der Waals surface area contributed by atoms with Crippen molar-refractivity contribution in [3.05, 3.63) is 59.3 Å². The smallest absolute Gasteiger partial charge is 0.246 e. The lowest BCUT2D eigenvalue weighted by atomic mass is 9.88. The summed E-state index contributed by atoms with van der Waals surface area (Å²) in [5, 5.41) is 3.62. The molecule has 7 heteroatoms. The molecular weight excluding hydrogens is 440 g/mol. The number of aryl methyl sites for hydroxylation is 1. The number of hydrogen-bond acceptors (Lipinski definition) is 6. The second kappa shape index (κ2) is 9.28. The largest absolute Gasteiger partial charge is 0.486 e. The maximum absolute atomic E-state index is 11.9. The summed E-state index contributed by atoms with van der Waals surface area (Å²) in [5.74, 6) is 2.88. The average Bonchev–Trinajstić information content (AvgIpc) is 3.24. The molecule has 0 saturated carbocycles. The highest BCUT2D eigenvalue weighted by Crippen LogP contribution is 2.42. The van der Waals surface area contributed by atoms with Gasteiger partial charge in [0.15, 0.2) is 0 Å². The lowest BCUT2D eigenvalue weighted by Crippen LogP contribution is -2.51. The lowest BCUT2D eigenvalue weighted by Gasteiger charge is -2.43. The van der Waals surface area contributed by atoms with Crippen LogP contribution in [0.3, 0.4) is 0 Å². The number of benzene rings is 1. The zero-order valence-electron chi connectivity index (χ0n) is 20.5. The van der Waals surface area contributed by atoms with Crippen molar-refractivity contribution in [1.82, 2.24) is 14.8 Å². The van der Waals surface area contributed by atoms with Crippen LogP contribution < -0.4 is 10.1 Å². The van der Waals surface area contributed by atoms with Crippen molar-refractivity contribution < 1.29 is 14.3 Å². The Morgan fingerprint density at radius 1 is 1.17 bits per heavy atom. The molecule has 0 radical (unpaired) electrons. The molecule has 0 unspecified atom stereocenters. The van der Waals surface area contributed by atoms with E-state index in [1.165, 1.54) is 22.8 Å². The molecule has 0 aliphatic carbocycles. The van der Waals surface area contributed by atoms with Gasteiger partial charge in [-0.15, -0.1) is 0 Å². The number of nitrogens with one attached hydrogen (secondary N) is 1. The highest BCUT2D eigenvalue weighted by atomic mass is 16.5. The first kappa shape index (κ1) is 22.6. The van der Waals surface area contributed by atoms with E-state index in [9.17, 15) is 4.79 Å². The quantitative estimate of drug-likeness (QED) is 0.673. The zero-order valence-corrected chi connectivity index (χ0v) is 20.5. The van der Waals surface area contributed by atoms with Gasteiger partial charge in [0, 0.05) is 63.1 Å². The van der Waals surface area contributed by atoms with Crippen molar-refractivity contribution in [2.75, 3.05) is 44.7 Å². The Balaban J connectivity index is 1.18. The standard InChI is InChI=1S/C28H34N4O3/c1-3-26(33)31-9-5-22(16-31)32-14-21(15-32)20-12-18(2)27-25(13-20)30-28-24(17-35-27)23(4-8-29-28)19-6-10-34-11-7-19/h3-4,8,12-13,19,21-22H,1,5-7,9-11,14-17H2,2H3,(H,29,30)/t22-/m1/s1. The van der Waals surface area contributed by atoms with Crippen LogP contribution in [-0.4, -0.2) is 66.1 Å². The van der Waals surface area contributed by atoms with Gasteiger partial charge in [0.1, 0.15) is 18.2 Å². The fraction of sp³-hybridized carbons (Fsp3) is 0.500. The van der Waals surface area contributed by atoms with Gasteiger partial charge < -0.3 is 19.7 Å². The molecule has 3 saturated heterocycles. The number of rotatable bonds is 4. The molecule has 5 heterocycles. The summed E-state index contributed by atoms with van der Waals surface area (Å²) in [4.78, 5) is 21.1. The van der Waals surface area contributed by atoms with E-state index in [1.807, 2.05) is 11.1 Å². The highest BCUT2D eigenvalue weighted by Gasteiger charge is 2.38. The van der Waals surface area contributed by atoms with Gasteiger partial charge in [-0.05, 0) is 67.0 Å². The summed E-state index contributed by atoms with van der Waals surface area (Å²) < 4.78 is 12.0. The molecule has 1 aromatic heterocycles. The number of aromatic nitrogens is 1. The van der Waals surface area contributed by atoms with E-state index in [4.69, 9.17) is 14.5 Å². The van der Waals surface area contributed by atoms with Crippen molar-refractivity contribution >= 4 is 17.4 Å². The van der Waals surface area contributed by atoms with Crippen molar-refractivity contribution in [3.8, 4) is 5.75 Å². The first-order valence-corrected chi connectivity index (χ1v) is 12.9. The van der Waals surface area contributed by atoms with Crippen molar-refractivity contribution in [1.29, 1.82) is 0 Å². The van der Waals surface area contributed by atoms with Gasteiger partial charge in [0.05, 0.1) is 5.69 Å². The average molecular weight is 475 g/mol. The van der Waals surface area contributed by atoms with E-state index >= 15 is 0 Å². The Bertz CT molecular complexity index is 1140. The third-order valence-corrected chi connectivity index (χ3v) is 8.21. The molecule has 1 N–H and O–H groups in total. The first-order chi connectivity index (χ1) is 17.1. The van der Waals surface area contributed by atoms with Crippen LogP contribution in [-0.2, 0) is 16.1 Å². The molecule has 6 rings (SSSR count). The fourth-order valence-corrected chi connectivity index (χ4v) is 6.14. The highest BCUT2D eigenvalue weighted by molar-refractivity contribution is 5.87. The minimum atomic E-state index is 0.0471. The van der Waals surface area contributed by atoms with E-state index < -0.39 is 0 Å². The predicted molar refractivity (Wildman–Crippen MR) is 135 cm³/mol. The fourth-order valence-electron chi connectivity index (χ4n) is 6.14. The van der Waals surface area contributed by atoms with Crippen molar-refractivity contribution in [2.45, 2.75) is 50.7 Å². The SMILES string of the molecule is C=CC(=O)N1CC[C@@H](N2CC(c3cc(C)c4c(c3)Nc3nccc(C5CCOCC5)c3CO4)C2)C1. The number of likely N-dealkylation sites (tertiary alicyclic amines) is 2. The third kappa shape index (κ3) is 4.21. The number of ether oxygens (including phenoxy) is 2. The summed E-state index contributed by atoms with van der Waals surface area (Å²) >= 11 is 0. The van der Waals surface area contributed by atoms with Crippen LogP contribution in [0.15, 0.2) is 37.1 Å². The van der Waals surface area contributed by atoms with Gasteiger partial charge in [-0.1, -0.05) is 12.6 Å². The molecular formula is C28H34N4O3. The molecule has 1 aromatic carbocycles. The molecule has 7 nitrogen and oxygen atoms in total. The number of carbonyl (C=O) groups is 1. The Morgan fingerprint density at radius 2 is 2.00 bits per heavy atom. The van der Waals surface area contributed by atoms with Gasteiger partial charge >= 0.3 is 0 Å². The minimum absolute atomic E-state index is 0.0471.